The Morgan fingerprint density at radius 3 is 2.41 bits per heavy atom. The van der Waals surface area contributed by atoms with E-state index < -0.39 is 23.7 Å². The largest absolute Gasteiger partial charge is 0.341 e. The number of urea groups is 1. The van der Waals surface area contributed by atoms with Crippen LogP contribution in [0.5, 0.6) is 0 Å². The van der Waals surface area contributed by atoms with Crippen LogP contribution in [0.4, 0.5) is 19.3 Å². The molecule has 142 valence electrons. The van der Waals surface area contributed by atoms with E-state index in [9.17, 15) is 18.4 Å². The number of rotatable bonds is 5. The van der Waals surface area contributed by atoms with E-state index in [0.29, 0.717) is 25.6 Å². The Hall–Kier alpha value is -2.96. The number of anilines is 1. The molecule has 2 aromatic rings. The summed E-state index contributed by atoms with van der Waals surface area (Å²) in [6, 6.07) is 10.7. The van der Waals surface area contributed by atoms with Gasteiger partial charge in [0.15, 0.2) is 0 Å². The quantitative estimate of drug-likeness (QED) is 0.845. The van der Waals surface area contributed by atoms with Crippen LogP contribution in [0.15, 0.2) is 48.5 Å². The molecular weight excluding hydrogens is 352 g/mol. The van der Waals surface area contributed by atoms with Crippen LogP contribution < -0.4 is 10.6 Å². The summed E-state index contributed by atoms with van der Waals surface area (Å²) in [5, 5.41) is 4.97. The van der Waals surface area contributed by atoms with Crippen molar-refractivity contribution in [2.75, 3.05) is 18.4 Å². The third kappa shape index (κ3) is 5.03. The molecule has 1 aliphatic rings. The zero-order valence-corrected chi connectivity index (χ0v) is 14.8. The summed E-state index contributed by atoms with van der Waals surface area (Å²) in [6.45, 7) is 1.33. The van der Waals surface area contributed by atoms with Gasteiger partial charge in [0.1, 0.15) is 17.7 Å². The van der Waals surface area contributed by atoms with E-state index in [1.54, 1.807) is 4.90 Å². The number of hydrogen-bond acceptors (Lipinski definition) is 2. The van der Waals surface area contributed by atoms with Crippen molar-refractivity contribution >= 4 is 17.6 Å². The van der Waals surface area contributed by atoms with Crippen LogP contribution in [0.25, 0.3) is 0 Å². The van der Waals surface area contributed by atoms with E-state index in [1.807, 2.05) is 30.3 Å². The van der Waals surface area contributed by atoms with Gasteiger partial charge in [-0.05, 0) is 30.5 Å². The van der Waals surface area contributed by atoms with Crippen molar-refractivity contribution in [3.63, 3.8) is 0 Å². The number of carbonyl (C=O) groups excluding carboxylic acids is 2. The zero-order chi connectivity index (χ0) is 19.2. The standard InChI is InChI=1S/C20H21F2N3O2/c21-15-8-9-17(16(22)13-15)23-20(27)24-18(12-14-6-2-1-3-7-14)19(26)25-10-4-5-11-25/h1-3,6-9,13,18H,4-5,10-12H2,(H2,23,24,27). The highest BCUT2D eigenvalue weighted by atomic mass is 19.1. The number of benzene rings is 2. The number of hydrogen-bond donors (Lipinski definition) is 2. The minimum Gasteiger partial charge on any atom is -0.341 e. The lowest BCUT2D eigenvalue weighted by Crippen LogP contribution is -2.50. The third-order valence-electron chi connectivity index (χ3n) is 4.48. The molecule has 1 heterocycles. The summed E-state index contributed by atoms with van der Waals surface area (Å²) >= 11 is 0. The molecule has 0 aromatic heterocycles. The van der Waals surface area contributed by atoms with Crippen LogP contribution in [-0.4, -0.2) is 36.0 Å². The molecule has 0 aliphatic carbocycles. The topological polar surface area (TPSA) is 61.4 Å². The maximum atomic E-state index is 13.7. The minimum atomic E-state index is -0.879. The van der Waals surface area contributed by atoms with Gasteiger partial charge < -0.3 is 15.5 Å². The fraction of sp³-hybridized carbons (Fsp3) is 0.300. The Morgan fingerprint density at radius 2 is 1.74 bits per heavy atom. The normalized spacial score (nSPS) is 14.7. The SMILES string of the molecule is O=C(Nc1ccc(F)cc1F)NC(Cc1ccccc1)C(=O)N1CCCC1. The first kappa shape index (κ1) is 18.8. The molecule has 1 aliphatic heterocycles. The molecule has 27 heavy (non-hydrogen) atoms. The molecule has 3 amide bonds. The van der Waals surface area contributed by atoms with Crippen molar-refractivity contribution < 1.29 is 18.4 Å². The van der Waals surface area contributed by atoms with Gasteiger partial charge >= 0.3 is 6.03 Å². The second kappa shape index (κ2) is 8.62. The Balaban J connectivity index is 1.71. The number of amides is 3. The van der Waals surface area contributed by atoms with Gasteiger partial charge in [-0.1, -0.05) is 30.3 Å². The van der Waals surface area contributed by atoms with E-state index in [2.05, 4.69) is 10.6 Å². The predicted octanol–water partition coefficient (Wildman–Crippen LogP) is 3.32. The van der Waals surface area contributed by atoms with Crippen molar-refractivity contribution in [1.29, 1.82) is 0 Å². The van der Waals surface area contributed by atoms with Gasteiger partial charge in [-0.2, -0.15) is 0 Å². The fourth-order valence-electron chi connectivity index (χ4n) is 3.12. The fourth-order valence-corrected chi connectivity index (χ4v) is 3.12. The Labute approximate surface area is 156 Å². The summed E-state index contributed by atoms with van der Waals surface area (Å²) in [5.41, 5.74) is 0.754. The first-order chi connectivity index (χ1) is 13.0. The van der Waals surface area contributed by atoms with Gasteiger partial charge in [0, 0.05) is 25.6 Å². The van der Waals surface area contributed by atoms with Gasteiger partial charge in [-0.25, -0.2) is 13.6 Å². The van der Waals surface area contributed by atoms with Crippen molar-refractivity contribution in [1.82, 2.24) is 10.2 Å². The first-order valence-corrected chi connectivity index (χ1v) is 8.88. The average Bonchev–Trinajstić information content (AvgIpc) is 3.18. The zero-order valence-electron chi connectivity index (χ0n) is 14.8. The van der Waals surface area contributed by atoms with Gasteiger partial charge in [0.05, 0.1) is 5.69 Å². The highest BCUT2D eigenvalue weighted by molar-refractivity contribution is 5.94. The Bertz CT molecular complexity index is 808. The first-order valence-electron chi connectivity index (χ1n) is 8.88. The molecule has 5 nitrogen and oxygen atoms in total. The number of likely N-dealkylation sites (tertiary alicyclic amines) is 1. The lowest BCUT2D eigenvalue weighted by molar-refractivity contribution is -0.132. The van der Waals surface area contributed by atoms with Crippen LogP contribution in [0, 0.1) is 11.6 Å². The van der Waals surface area contributed by atoms with Crippen LogP contribution in [0.2, 0.25) is 0 Å². The van der Waals surface area contributed by atoms with Gasteiger partial charge in [-0.15, -0.1) is 0 Å². The molecule has 7 heteroatoms. The monoisotopic (exact) mass is 373 g/mol. The summed E-state index contributed by atoms with van der Waals surface area (Å²) in [7, 11) is 0. The molecule has 0 bridgehead atoms. The van der Waals surface area contributed by atoms with Crippen LogP contribution in [0.3, 0.4) is 0 Å². The molecule has 0 saturated carbocycles. The van der Waals surface area contributed by atoms with Crippen LogP contribution >= 0.6 is 0 Å². The number of nitrogens with one attached hydrogen (secondary N) is 2. The smallest absolute Gasteiger partial charge is 0.319 e. The maximum absolute atomic E-state index is 13.7. The lowest BCUT2D eigenvalue weighted by atomic mass is 10.0. The van der Waals surface area contributed by atoms with Crippen molar-refractivity contribution in [2.45, 2.75) is 25.3 Å². The van der Waals surface area contributed by atoms with E-state index >= 15 is 0 Å². The number of nitrogens with zero attached hydrogens (tertiary/aromatic N) is 1. The Kier molecular flexibility index (Phi) is 6.01. The molecule has 0 radical (unpaired) electrons. The summed E-state index contributed by atoms with van der Waals surface area (Å²) in [4.78, 5) is 26.9. The molecule has 2 aromatic carbocycles. The molecule has 0 spiro atoms. The lowest BCUT2D eigenvalue weighted by Gasteiger charge is -2.24. The molecule has 1 saturated heterocycles. The van der Waals surface area contributed by atoms with Gasteiger partial charge in [0.25, 0.3) is 0 Å². The van der Waals surface area contributed by atoms with E-state index in [0.717, 1.165) is 30.5 Å². The second-order valence-electron chi connectivity index (χ2n) is 6.50. The average molecular weight is 373 g/mol. The van der Waals surface area contributed by atoms with Crippen molar-refractivity contribution in [3.8, 4) is 0 Å². The van der Waals surface area contributed by atoms with Crippen molar-refractivity contribution in [2.24, 2.45) is 0 Å². The molecule has 3 rings (SSSR count). The Morgan fingerprint density at radius 1 is 1.04 bits per heavy atom. The summed E-state index contributed by atoms with van der Waals surface area (Å²) < 4.78 is 26.7. The minimum absolute atomic E-state index is 0.152. The van der Waals surface area contributed by atoms with Crippen LogP contribution in [0.1, 0.15) is 18.4 Å². The maximum Gasteiger partial charge on any atom is 0.319 e. The molecule has 1 unspecified atom stereocenters. The van der Waals surface area contributed by atoms with E-state index in [-0.39, 0.29) is 11.6 Å². The van der Waals surface area contributed by atoms with E-state index in [4.69, 9.17) is 0 Å². The summed E-state index contributed by atoms with van der Waals surface area (Å²) in [5.74, 6) is -1.77. The molecule has 2 N–H and O–H groups in total. The highest BCUT2D eigenvalue weighted by Crippen LogP contribution is 2.16. The second-order valence-corrected chi connectivity index (χ2v) is 6.50. The van der Waals surface area contributed by atoms with Gasteiger partial charge in [-0.3, -0.25) is 4.79 Å². The number of halogens is 2. The number of carbonyl (C=O) groups is 2. The molecule has 1 atom stereocenters. The molecular formula is C20H21F2N3O2. The van der Waals surface area contributed by atoms with Gasteiger partial charge in [0.2, 0.25) is 5.91 Å². The molecule has 1 fully saturated rings. The highest BCUT2D eigenvalue weighted by Gasteiger charge is 2.28. The van der Waals surface area contributed by atoms with E-state index in [1.165, 1.54) is 0 Å². The van der Waals surface area contributed by atoms with Crippen LogP contribution in [-0.2, 0) is 11.2 Å². The van der Waals surface area contributed by atoms with Crippen molar-refractivity contribution in [3.05, 3.63) is 65.7 Å². The summed E-state index contributed by atoms with van der Waals surface area (Å²) in [6.07, 6.45) is 2.21. The predicted molar refractivity (Wildman–Crippen MR) is 98.3 cm³/mol. The third-order valence-corrected chi connectivity index (χ3v) is 4.48.